The molecule has 2 rings (SSSR count). The summed E-state index contributed by atoms with van der Waals surface area (Å²) < 4.78 is 5.72. The molecule has 1 amide bonds. The summed E-state index contributed by atoms with van der Waals surface area (Å²) in [6.45, 7) is 40.2. The Morgan fingerprint density at radius 2 is 1.03 bits per heavy atom. The van der Waals surface area contributed by atoms with Crippen LogP contribution in [0.4, 0.5) is 4.79 Å². The number of Topliss-reactive ketones (excluding diaryl/α,β-unsaturated/α-hetero) is 3. The molecule has 9 nitrogen and oxygen atoms in total. The van der Waals surface area contributed by atoms with E-state index in [1.165, 1.54) is 0 Å². The number of hydrogen-bond acceptors (Lipinski definition) is 8. The number of ketones is 3. The fraction of sp³-hybridized carbons (Fsp3) is 0.922. The normalized spacial score (nSPS) is 20.9. The van der Waals surface area contributed by atoms with E-state index in [9.17, 15) is 19.2 Å². The molecule has 0 aromatic heterocycles. The van der Waals surface area contributed by atoms with Gasteiger partial charge in [-0.3, -0.25) is 19.3 Å². The Kier molecular flexibility index (Phi) is 18.8. The molecule has 0 aromatic rings. The summed E-state index contributed by atoms with van der Waals surface area (Å²) in [5.41, 5.74) is -3.46. The Balaban J connectivity index is 1.95. The first kappa shape index (κ1) is 54.3. The van der Waals surface area contributed by atoms with Crippen molar-refractivity contribution in [2.45, 2.75) is 261 Å². The van der Waals surface area contributed by atoms with Crippen molar-refractivity contribution in [3.05, 3.63) is 0 Å². The average molecular weight is 845 g/mol. The second kappa shape index (κ2) is 20.8. The van der Waals surface area contributed by atoms with Gasteiger partial charge in [-0.1, -0.05) is 114 Å². The van der Waals surface area contributed by atoms with Crippen LogP contribution >= 0.6 is 0 Å². The molecule has 2 aliphatic heterocycles. The minimum atomic E-state index is -0.646. The number of ether oxygens (including phenoxy) is 1. The van der Waals surface area contributed by atoms with Crippen LogP contribution in [-0.4, -0.2) is 92.7 Å². The van der Waals surface area contributed by atoms with Crippen molar-refractivity contribution in [1.29, 1.82) is 0 Å². The molecule has 350 valence electrons. The summed E-state index contributed by atoms with van der Waals surface area (Å²) in [4.78, 5) is 59.3. The third-order valence-corrected chi connectivity index (χ3v) is 12.7. The Bertz CT molecular complexity index is 1410. The van der Waals surface area contributed by atoms with Gasteiger partial charge >= 0.3 is 6.09 Å². The third-order valence-electron chi connectivity index (χ3n) is 12.7. The van der Waals surface area contributed by atoms with Gasteiger partial charge in [0.25, 0.3) is 0 Å². The fourth-order valence-corrected chi connectivity index (χ4v) is 10.6. The van der Waals surface area contributed by atoms with Crippen molar-refractivity contribution in [1.82, 2.24) is 20.4 Å². The van der Waals surface area contributed by atoms with Crippen LogP contribution in [0.1, 0.15) is 227 Å². The Labute approximate surface area is 369 Å². The number of hydrogen-bond donors (Lipinski definition) is 2. The minimum Gasteiger partial charge on any atom is -0.449 e. The molecule has 60 heavy (non-hydrogen) atoms. The van der Waals surface area contributed by atoms with Gasteiger partial charge < -0.3 is 20.3 Å². The summed E-state index contributed by atoms with van der Waals surface area (Å²) in [6.07, 6.45) is 14.2. The average Bonchev–Trinajstić information content (AvgIpc) is 3.53. The predicted octanol–water partition coefficient (Wildman–Crippen LogP) is 11.6. The van der Waals surface area contributed by atoms with E-state index in [0.29, 0.717) is 44.1 Å². The molecule has 0 radical (unpaired) electrons. The lowest BCUT2D eigenvalue weighted by Gasteiger charge is -2.48. The second-order valence-corrected chi connectivity index (χ2v) is 25.1. The van der Waals surface area contributed by atoms with Gasteiger partial charge in [0.05, 0.1) is 23.2 Å². The predicted molar refractivity (Wildman–Crippen MR) is 251 cm³/mol. The van der Waals surface area contributed by atoms with Gasteiger partial charge in [0.2, 0.25) is 0 Å². The number of amides is 1. The zero-order valence-electron chi connectivity index (χ0n) is 42.6. The highest BCUT2D eigenvalue weighted by molar-refractivity contribution is 5.94. The first-order chi connectivity index (χ1) is 27.1. The van der Waals surface area contributed by atoms with Gasteiger partial charge in [0.1, 0.15) is 0 Å². The zero-order chi connectivity index (χ0) is 46.2. The lowest BCUT2D eigenvalue weighted by atomic mass is 9.71. The van der Waals surface area contributed by atoms with E-state index in [0.717, 1.165) is 96.4 Å². The van der Waals surface area contributed by atoms with Crippen molar-refractivity contribution in [2.75, 3.05) is 26.2 Å². The number of likely N-dealkylation sites (tertiary alicyclic amines) is 2. The van der Waals surface area contributed by atoms with E-state index < -0.39 is 27.4 Å². The highest BCUT2D eigenvalue weighted by Gasteiger charge is 2.53. The molecule has 0 bridgehead atoms. The number of carbonyl (C=O) groups is 4. The van der Waals surface area contributed by atoms with E-state index in [1.54, 1.807) is 4.90 Å². The topological polar surface area (TPSA) is 108 Å². The zero-order valence-corrected chi connectivity index (χ0v) is 42.6. The highest BCUT2D eigenvalue weighted by atomic mass is 16.6. The van der Waals surface area contributed by atoms with Crippen LogP contribution in [0.2, 0.25) is 0 Å². The summed E-state index contributed by atoms with van der Waals surface area (Å²) in [6, 6.07) is 0. The van der Waals surface area contributed by atoms with Crippen LogP contribution in [0.15, 0.2) is 0 Å². The van der Waals surface area contributed by atoms with Gasteiger partial charge in [-0.2, -0.15) is 0 Å². The van der Waals surface area contributed by atoms with Crippen LogP contribution in [-0.2, 0) is 19.1 Å². The van der Waals surface area contributed by atoms with Gasteiger partial charge in [0.15, 0.2) is 17.3 Å². The van der Waals surface area contributed by atoms with Gasteiger partial charge in [0, 0.05) is 46.0 Å². The van der Waals surface area contributed by atoms with Crippen molar-refractivity contribution < 1.29 is 23.9 Å². The first-order valence-electron chi connectivity index (χ1n) is 24.1. The molecule has 2 aliphatic rings. The Morgan fingerprint density at radius 3 is 1.48 bits per heavy atom. The molecule has 1 unspecified atom stereocenters. The van der Waals surface area contributed by atoms with E-state index in [2.05, 4.69) is 119 Å². The SMILES string of the molecule is CC(C)(C)NC(CCCCCCCOC(=O)N1CCC(NC(C)(C)C)(C(=O)C(C)(C)C)CC1)(CCCCCC[C@@]1(C(=O)C(C)(C)C)CCCN1C(C)(C)C)C(=O)C(C)(C)C. The lowest BCUT2D eigenvalue weighted by Crippen LogP contribution is -2.65. The lowest BCUT2D eigenvalue weighted by molar-refractivity contribution is -0.141. The summed E-state index contributed by atoms with van der Waals surface area (Å²) in [5.74, 6) is 0.886. The molecular formula is C51H96N4O5. The summed E-state index contributed by atoms with van der Waals surface area (Å²) >= 11 is 0. The largest absolute Gasteiger partial charge is 0.449 e. The number of nitrogens with zero attached hydrogens (tertiary/aromatic N) is 2. The highest BCUT2D eigenvalue weighted by Crippen LogP contribution is 2.44. The Hall–Kier alpha value is -1.84. The number of unbranched alkanes of at least 4 members (excludes halogenated alkanes) is 7. The molecule has 0 aromatic carbocycles. The van der Waals surface area contributed by atoms with Crippen LogP contribution < -0.4 is 10.6 Å². The third kappa shape index (κ3) is 15.7. The summed E-state index contributed by atoms with van der Waals surface area (Å²) in [7, 11) is 0. The van der Waals surface area contributed by atoms with Crippen LogP contribution in [0.25, 0.3) is 0 Å². The molecule has 0 spiro atoms. The van der Waals surface area contributed by atoms with Gasteiger partial charge in [-0.15, -0.1) is 0 Å². The maximum absolute atomic E-state index is 14.4. The van der Waals surface area contributed by atoms with Crippen molar-refractivity contribution in [2.24, 2.45) is 16.2 Å². The van der Waals surface area contributed by atoms with Gasteiger partial charge in [-0.05, 0) is 120 Å². The maximum Gasteiger partial charge on any atom is 0.409 e. The van der Waals surface area contributed by atoms with E-state index in [1.807, 2.05) is 20.8 Å². The molecule has 0 saturated carbocycles. The minimum absolute atomic E-state index is 0.0573. The first-order valence-corrected chi connectivity index (χ1v) is 24.1. The van der Waals surface area contributed by atoms with E-state index in [4.69, 9.17) is 4.74 Å². The summed E-state index contributed by atoms with van der Waals surface area (Å²) in [5, 5.41) is 7.49. The van der Waals surface area contributed by atoms with Crippen molar-refractivity contribution in [3.8, 4) is 0 Å². The second-order valence-electron chi connectivity index (χ2n) is 25.1. The fourth-order valence-electron chi connectivity index (χ4n) is 10.6. The molecule has 2 heterocycles. The number of nitrogens with one attached hydrogen (secondary N) is 2. The molecule has 2 saturated heterocycles. The Morgan fingerprint density at radius 1 is 0.550 bits per heavy atom. The number of piperidine rings is 1. The maximum atomic E-state index is 14.4. The van der Waals surface area contributed by atoms with Gasteiger partial charge in [-0.25, -0.2) is 4.79 Å². The molecule has 2 atom stereocenters. The van der Waals surface area contributed by atoms with Crippen molar-refractivity contribution >= 4 is 23.4 Å². The van der Waals surface area contributed by atoms with Crippen LogP contribution in [0.5, 0.6) is 0 Å². The molecule has 0 aliphatic carbocycles. The molecule has 2 fully saturated rings. The molecule has 9 heteroatoms. The standard InChI is InChI=1S/C51H96N4O5/c1-43(2,3)39(56)49(52-46(10,11)12,30-25-21-22-26-31-51(41(58)45(7,8)9)32-28-35-55(51)48(16,17)18)29-24-20-19-23-27-38-60-42(59)54-36-33-50(34-37-54,53-47(13,14)15)40(57)44(4,5)6/h52-53H,19-38H2,1-18H3/t49?,51-/m0/s1. The number of rotatable bonds is 20. The quantitative estimate of drug-likeness (QED) is 0.117. The number of carbonyl (C=O) groups excluding carboxylic acids is 4. The van der Waals surface area contributed by atoms with Crippen molar-refractivity contribution in [3.63, 3.8) is 0 Å². The molecular weight excluding hydrogens is 749 g/mol. The van der Waals surface area contributed by atoms with E-state index in [-0.39, 0.29) is 33.9 Å². The van der Waals surface area contributed by atoms with E-state index >= 15 is 0 Å². The monoisotopic (exact) mass is 845 g/mol. The van der Waals surface area contributed by atoms with Crippen LogP contribution in [0.3, 0.4) is 0 Å². The molecule has 2 N–H and O–H groups in total. The van der Waals surface area contributed by atoms with Crippen LogP contribution in [0, 0.1) is 16.2 Å². The smallest absolute Gasteiger partial charge is 0.409 e.